The fourth-order valence-electron chi connectivity index (χ4n) is 1.02. The second-order valence-electron chi connectivity index (χ2n) is 2.55. The Morgan fingerprint density at radius 3 is 3.00 bits per heavy atom. The quantitative estimate of drug-likeness (QED) is 0.745. The standard InChI is InChI=1S/C8H7BrN4/c9-8-3-1-2-7(11-8)6-13-5-4-10-12-13/h1-5H,6H2. The molecule has 2 aromatic heterocycles. The lowest BCUT2D eigenvalue weighted by Crippen LogP contribution is -2.02. The van der Waals surface area contributed by atoms with Gasteiger partial charge in [-0.15, -0.1) is 5.10 Å². The highest BCUT2D eigenvalue weighted by Gasteiger charge is 1.96. The van der Waals surface area contributed by atoms with Crippen LogP contribution in [0, 0.1) is 0 Å². The lowest BCUT2D eigenvalue weighted by atomic mass is 10.3. The van der Waals surface area contributed by atoms with Gasteiger partial charge in [0.1, 0.15) is 4.60 Å². The first-order chi connectivity index (χ1) is 6.34. The van der Waals surface area contributed by atoms with Crippen LogP contribution in [0.2, 0.25) is 0 Å². The SMILES string of the molecule is Brc1cccc(Cn2ccnn2)n1. The molecule has 2 aromatic rings. The molecule has 0 N–H and O–H groups in total. The van der Waals surface area contributed by atoms with Gasteiger partial charge in [-0.25, -0.2) is 9.67 Å². The first-order valence-corrected chi connectivity index (χ1v) is 4.59. The zero-order valence-corrected chi connectivity index (χ0v) is 8.35. The second-order valence-corrected chi connectivity index (χ2v) is 3.36. The van der Waals surface area contributed by atoms with Gasteiger partial charge in [-0.3, -0.25) is 0 Å². The van der Waals surface area contributed by atoms with Crippen LogP contribution in [0.1, 0.15) is 5.69 Å². The maximum absolute atomic E-state index is 4.28. The van der Waals surface area contributed by atoms with Crippen molar-refractivity contribution in [3.8, 4) is 0 Å². The Labute approximate surface area is 83.7 Å². The topological polar surface area (TPSA) is 43.6 Å². The van der Waals surface area contributed by atoms with Gasteiger partial charge in [-0.1, -0.05) is 11.3 Å². The van der Waals surface area contributed by atoms with Crippen LogP contribution < -0.4 is 0 Å². The molecule has 0 saturated carbocycles. The van der Waals surface area contributed by atoms with Crippen molar-refractivity contribution < 1.29 is 0 Å². The van der Waals surface area contributed by atoms with Crippen LogP contribution >= 0.6 is 15.9 Å². The normalized spacial score (nSPS) is 10.2. The summed E-state index contributed by atoms with van der Waals surface area (Å²) in [6, 6.07) is 5.79. The van der Waals surface area contributed by atoms with Crippen LogP contribution in [-0.4, -0.2) is 20.0 Å². The molecule has 0 unspecified atom stereocenters. The minimum Gasteiger partial charge on any atom is -0.247 e. The molecule has 0 aliphatic carbocycles. The Kier molecular flexibility index (Phi) is 2.35. The average molecular weight is 239 g/mol. The van der Waals surface area contributed by atoms with Crippen molar-refractivity contribution in [1.82, 2.24) is 20.0 Å². The third-order valence-electron chi connectivity index (χ3n) is 1.57. The number of pyridine rings is 1. The summed E-state index contributed by atoms with van der Waals surface area (Å²) in [5.74, 6) is 0. The third kappa shape index (κ3) is 2.12. The van der Waals surface area contributed by atoms with E-state index in [1.54, 1.807) is 10.9 Å². The summed E-state index contributed by atoms with van der Waals surface area (Å²) in [5.41, 5.74) is 0.958. The smallest absolute Gasteiger partial charge is 0.106 e. The van der Waals surface area contributed by atoms with Crippen molar-refractivity contribution in [2.24, 2.45) is 0 Å². The summed E-state index contributed by atoms with van der Waals surface area (Å²) in [4.78, 5) is 4.28. The Bertz CT molecular complexity index is 385. The van der Waals surface area contributed by atoms with E-state index in [-0.39, 0.29) is 0 Å². The molecule has 2 rings (SSSR count). The molecular formula is C8H7BrN4. The van der Waals surface area contributed by atoms with Gasteiger partial charge < -0.3 is 0 Å². The zero-order valence-electron chi connectivity index (χ0n) is 6.76. The van der Waals surface area contributed by atoms with Gasteiger partial charge in [0.2, 0.25) is 0 Å². The van der Waals surface area contributed by atoms with Crippen molar-refractivity contribution in [2.75, 3.05) is 0 Å². The van der Waals surface area contributed by atoms with E-state index < -0.39 is 0 Å². The van der Waals surface area contributed by atoms with Crippen LogP contribution in [0.3, 0.4) is 0 Å². The molecule has 0 aliphatic rings. The molecule has 0 bridgehead atoms. The molecule has 66 valence electrons. The molecule has 0 radical (unpaired) electrons. The van der Waals surface area contributed by atoms with E-state index in [1.807, 2.05) is 24.4 Å². The molecule has 0 aliphatic heterocycles. The van der Waals surface area contributed by atoms with Crippen molar-refractivity contribution in [1.29, 1.82) is 0 Å². The monoisotopic (exact) mass is 238 g/mol. The largest absolute Gasteiger partial charge is 0.247 e. The van der Waals surface area contributed by atoms with Crippen molar-refractivity contribution >= 4 is 15.9 Å². The van der Waals surface area contributed by atoms with Crippen LogP contribution in [0.5, 0.6) is 0 Å². The first-order valence-electron chi connectivity index (χ1n) is 3.80. The van der Waals surface area contributed by atoms with Gasteiger partial charge in [0, 0.05) is 6.20 Å². The number of halogens is 1. The predicted molar refractivity (Wildman–Crippen MR) is 51.1 cm³/mol. The Morgan fingerprint density at radius 2 is 2.31 bits per heavy atom. The molecule has 5 heteroatoms. The Balaban J connectivity index is 2.19. The van der Waals surface area contributed by atoms with E-state index in [2.05, 4.69) is 31.2 Å². The maximum atomic E-state index is 4.28. The van der Waals surface area contributed by atoms with E-state index in [0.717, 1.165) is 10.3 Å². The van der Waals surface area contributed by atoms with Gasteiger partial charge in [-0.05, 0) is 28.1 Å². The van der Waals surface area contributed by atoms with Gasteiger partial charge in [0.15, 0.2) is 0 Å². The summed E-state index contributed by atoms with van der Waals surface area (Å²) in [5, 5.41) is 7.57. The van der Waals surface area contributed by atoms with E-state index >= 15 is 0 Å². The summed E-state index contributed by atoms with van der Waals surface area (Å²) in [6.45, 7) is 0.652. The minimum absolute atomic E-state index is 0.652. The van der Waals surface area contributed by atoms with Crippen LogP contribution in [-0.2, 0) is 6.54 Å². The highest BCUT2D eigenvalue weighted by atomic mass is 79.9. The Hall–Kier alpha value is -1.23. The van der Waals surface area contributed by atoms with Crippen LogP contribution in [0.25, 0.3) is 0 Å². The molecular weight excluding hydrogens is 232 g/mol. The first kappa shape index (κ1) is 8.37. The molecule has 0 fully saturated rings. The summed E-state index contributed by atoms with van der Waals surface area (Å²) >= 11 is 3.31. The van der Waals surface area contributed by atoms with Gasteiger partial charge in [0.05, 0.1) is 18.4 Å². The summed E-state index contributed by atoms with van der Waals surface area (Å²) in [6.07, 6.45) is 3.46. The van der Waals surface area contributed by atoms with Crippen LogP contribution in [0.4, 0.5) is 0 Å². The second kappa shape index (κ2) is 3.66. The fraction of sp³-hybridized carbons (Fsp3) is 0.125. The fourth-order valence-corrected chi connectivity index (χ4v) is 1.40. The lowest BCUT2D eigenvalue weighted by molar-refractivity contribution is 0.638. The number of nitrogens with zero attached hydrogens (tertiary/aromatic N) is 4. The van der Waals surface area contributed by atoms with Gasteiger partial charge in [-0.2, -0.15) is 0 Å². The number of hydrogen-bond acceptors (Lipinski definition) is 3. The van der Waals surface area contributed by atoms with Gasteiger partial charge in [0.25, 0.3) is 0 Å². The maximum Gasteiger partial charge on any atom is 0.106 e. The Morgan fingerprint density at radius 1 is 1.38 bits per heavy atom. The van der Waals surface area contributed by atoms with Gasteiger partial charge >= 0.3 is 0 Å². The molecule has 0 saturated heterocycles. The van der Waals surface area contributed by atoms with Crippen LogP contribution in [0.15, 0.2) is 35.2 Å². The lowest BCUT2D eigenvalue weighted by Gasteiger charge is -1.99. The minimum atomic E-state index is 0.652. The molecule has 0 aromatic carbocycles. The van der Waals surface area contributed by atoms with Crippen molar-refractivity contribution in [2.45, 2.75) is 6.54 Å². The summed E-state index contributed by atoms with van der Waals surface area (Å²) in [7, 11) is 0. The highest BCUT2D eigenvalue weighted by molar-refractivity contribution is 9.10. The van der Waals surface area contributed by atoms with E-state index in [0.29, 0.717) is 6.54 Å². The average Bonchev–Trinajstić information content (AvgIpc) is 2.57. The summed E-state index contributed by atoms with van der Waals surface area (Å²) < 4.78 is 2.57. The van der Waals surface area contributed by atoms with E-state index in [1.165, 1.54) is 0 Å². The number of aromatic nitrogens is 4. The molecule has 0 spiro atoms. The molecule has 0 atom stereocenters. The third-order valence-corrected chi connectivity index (χ3v) is 2.01. The van der Waals surface area contributed by atoms with E-state index in [9.17, 15) is 0 Å². The predicted octanol–water partition coefficient (Wildman–Crippen LogP) is 1.48. The molecule has 13 heavy (non-hydrogen) atoms. The number of rotatable bonds is 2. The zero-order chi connectivity index (χ0) is 9.10. The van der Waals surface area contributed by atoms with Crippen molar-refractivity contribution in [3.63, 3.8) is 0 Å². The van der Waals surface area contributed by atoms with Crippen molar-refractivity contribution in [3.05, 3.63) is 40.9 Å². The molecule has 2 heterocycles. The molecule has 0 amide bonds. The number of hydrogen-bond donors (Lipinski definition) is 0. The molecule has 4 nitrogen and oxygen atoms in total. The highest BCUT2D eigenvalue weighted by Crippen LogP contribution is 2.06. The van der Waals surface area contributed by atoms with E-state index in [4.69, 9.17) is 0 Å².